The van der Waals surface area contributed by atoms with Gasteiger partial charge in [0.05, 0.1) is 5.69 Å². The number of carbonyl (C=O) groups excluding carboxylic acids is 1. The lowest BCUT2D eigenvalue weighted by Crippen LogP contribution is -2.29. The second-order valence-corrected chi connectivity index (χ2v) is 4.82. The molecule has 21 heavy (non-hydrogen) atoms. The van der Waals surface area contributed by atoms with E-state index in [4.69, 9.17) is 10.2 Å². The lowest BCUT2D eigenvalue weighted by Gasteiger charge is -2.05. The zero-order chi connectivity index (χ0) is 14.5. The number of halogens is 1. The largest absolute Gasteiger partial charge is 0.431 e. The molecule has 1 heterocycles. The van der Waals surface area contributed by atoms with Crippen molar-refractivity contribution in [2.45, 2.75) is 26.3 Å². The van der Waals surface area contributed by atoms with Crippen LogP contribution in [-0.2, 0) is 0 Å². The Balaban J connectivity index is 0.00000220. The van der Waals surface area contributed by atoms with Crippen LogP contribution in [0.2, 0.25) is 0 Å². The van der Waals surface area contributed by atoms with Crippen LogP contribution >= 0.6 is 12.4 Å². The van der Waals surface area contributed by atoms with E-state index in [0.717, 1.165) is 12.0 Å². The quantitative estimate of drug-likeness (QED) is 0.889. The summed E-state index contributed by atoms with van der Waals surface area (Å²) in [5.74, 6) is 0.465. The summed E-state index contributed by atoms with van der Waals surface area (Å²) < 4.78 is 5.57. The smallest absolute Gasteiger partial charge is 0.289 e. The Morgan fingerprint density at radius 1 is 1.38 bits per heavy atom. The van der Waals surface area contributed by atoms with Gasteiger partial charge < -0.3 is 15.5 Å². The number of amides is 1. The van der Waals surface area contributed by atoms with E-state index < -0.39 is 0 Å². The zero-order valence-corrected chi connectivity index (χ0v) is 12.9. The van der Waals surface area contributed by atoms with Crippen LogP contribution in [0.4, 0.5) is 0 Å². The minimum Gasteiger partial charge on any atom is -0.431 e. The highest BCUT2D eigenvalue weighted by Crippen LogP contribution is 2.21. The zero-order valence-electron chi connectivity index (χ0n) is 12.1. The van der Waals surface area contributed by atoms with Gasteiger partial charge in [0.25, 0.3) is 5.91 Å². The standard InChI is InChI=1S/C15H19N3O2.ClH/c1-10(16)8-9-17-14(19)13-11(2)18-15(20-13)12-6-4-3-5-7-12;/h3-7,10H,8-9,16H2,1-2H3,(H,17,19);1H. The van der Waals surface area contributed by atoms with Gasteiger partial charge in [0, 0.05) is 18.2 Å². The van der Waals surface area contributed by atoms with Gasteiger partial charge in [-0.1, -0.05) is 18.2 Å². The van der Waals surface area contributed by atoms with Crippen LogP contribution in [0.25, 0.3) is 11.5 Å². The lowest BCUT2D eigenvalue weighted by atomic mass is 10.2. The molecule has 3 N–H and O–H groups in total. The number of nitrogens with one attached hydrogen (secondary N) is 1. The molecular formula is C15H20ClN3O2. The summed E-state index contributed by atoms with van der Waals surface area (Å²) in [6.45, 7) is 4.19. The van der Waals surface area contributed by atoms with Crippen molar-refractivity contribution in [2.24, 2.45) is 5.73 Å². The molecule has 1 atom stereocenters. The molecule has 0 saturated heterocycles. The number of nitrogens with two attached hydrogens (primary N) is 1. The highest BCUT2D eigenvalue weighted by atomic mass is 35.5. The number of aryl methyl sites for hydroxylation is 1. The van der Waals surface area contributed by atoms with Crippen LogP contribution < -0.4 is 11.1 Å². The fourth-order valence-corrected chi connectivity index (χ4v) is 1.80. The van der Waals surface area contributed by atoms with Gasteiger partial charge in [0.1, 0.15) is 0 Å². The third kappa shape index (κ3) is 4.58. The summed E-state index contributed by atoms with van der Waals surface area (Å²) in [5.41, 5.74) is 7.08. The molecule has 0 aliphatic heterocycles. The summed E-state index contributed by atoms with van der Waals surface area (Å²) in [7, 11) is 0. The molecule has 0 aliphatic carbocycles. The molecule has 0 radical (unpaired) electrons. The fourth-order valence-electron chi connectivity index (χ4n) is 1.80. The van der Waals surface area contributed by atoms with Gasteiger partial charge in [0.2, 0.25) is 11.7 Å². The van der Waals surface area contributed by atoms with Crippen LogP contribution in [0.5, 0.6) is 0 Å². The Morgan fingerprint density at radius 2 is 2.05 bits per heavy atom. The third-order valence-electron chi connectivity index (χ3n) is 2.91. The molecule has 0 spiro atoms. The lowest BCUT2D eigenvalue weighted by molar-refractivity contribution is 0.0925. The van der Waals surface area contributed by atoms with Crippen molar-refractivity contribution >= 4 is 18.3 Å². The number of hydrogen-bond acceptors (Lipinski definition) is 4. The van der Waals surface area contributed by atoms with Crippen molar-refractivity contribution in [3.8, 4) is 11.5 Å². The maximum absolute atomic E-state index is 12.0. The van der Waals surface area contributed by atoms with Gasteiger partial charge in [-0.05, 0) is 32.4 Å². The molecule has 114 valence electrons. The van der Waals surface area contributed by atoms with Crippen LogP contribution in [0.15, 0.2) is 34.7 Å². The van der Waals surface area contributed by atoms with E-state index in [1.165, 1.54) is 0 Å². The molecule has 5 nitrogen and oxygen atoms in total. The first-order valence-electron chi connectivity index (χ1n) is 6.64. The first kappa shape index (κ1) is 17.2. The first-order valence-corrected chi connectivity index (χ1v) is 6.64. The van der Waals surface area contributed by atoms with E-state index in [2.05, 4.69) is 10.3 Å². The predicted octanol–water partition coefficient (Wildman–Crippen LogP) is 2.54. The van der Waals surface area contributed by atoms with Crippen LogP contribution in [0.3, 0.4) is 0 Å². The fraction of sp³-hybridized carbons (Fsp3) is 0.333. The third-order valence-corrected chi connectivity index (χ3v) is 2.91. The topological polar surface area (TPSA) is 81.2 Å². The van der Waals surface area contributed by atoms with E-state index in [1.54, 1.807) is 6.92 Å². The molecule has 0 bridgehead atoms. The van der Waals surface area contributed by atoms with Gasteiger partial charge in [-0.2, -0.15) is 0 Å². The van der Waals surface area contributed by atoms with E-state index in [9.17, 15) is 4.79 Å². The first-order chi connectivity index (χ1) is 9.58. The summed E-state index contributed by atoms with van der Waals surface area (Å²) in [6, 6.07) is 9.56. The van der Waals surface area contributed by atoms with Crippen LogP contribution in [-0.4, -0.2) is 23.5 Å². The number of aromatic nitrogens is 1. The Morgan fingerprint density at radius 3 is 2.67 bits per heavy atom. The molecule has 6 heteroatoms. The van der Waals surface area contributed by atoms with E-state index in [-0.39, 0.29) is 30.1 Å². The highest BCUT2D eigenvalue weighted by Gasteiger charge is 2.17. The molecule has 1 unspecified atom stereocenters. The minimum atomic E-state index is -0.252. The Hall–Kier alpha value is -1.85. The summed E-state index contributed by atoms with van der Waals surface area (Å²) in [4.78, 5) is 16.3. The molecule has 0 aliphatic rings. The molecular weight excluding hydrogens is 290 g/mol. The predicted molar refractivity (Wildman–Crippen MR) is 84.5 cm³/mol. The van der Waals surface area contributed by atoms with Crippen molar-refractivity contribution in [3.05, 3.63) is 41.8 Å². The number of nitrogens with zero attached hydrogens (tertiary/aromatic N) is 1. The van der Waals surface area contributed by atoms with Crippen molar-refractivity contribution in [1.29, 1.82) is 0 Å². The van der Waals surface area contributed by atoms with Crippen molar-refractivity contribution in [2.75, 3.05) is 6.54 Å². The van der Waals surface area contributed by atoms with Crippen molar-refractivity contribution in [3.63, 3.8) is 0 Å². The number of hydrogen-bond donors (Lipinski definition) is 2. The molecule has 1 aromatic heterocycles. The molecule has 1 amide bonds. The van der Waals surface area contributed by atoms with Crippen molar-refractivity contribution in [1.82, 2.24) is 10.3 Å². The summed E-state index contributed by atoms with van der Waals surface area (Å²) >= 11 is 0. The second kappa shape index (κ2) is 7.81. The van der Waals surface area contributed by atoms with Gasteiger partial charge in [-0.25, -0.2) is 4.98 Å². The molecule has 0 saturated carbocycles. The monoisotopic (exact) mass is 309 g/mol. The average Bonchev–Trinajstić information content (AvgIpc) is 2.81. The Labute approximate surface area is 130 Å². The maximum atomic E-state index is 12.0. The average molecular weight is 310 g/mol. The SMILES string of the molecule is Cc1nc(-c2ccccc2)oc1C(=O)NCCC(C)N.Cl. The number of carbonyl (C=O) groups is 1. The second-order valence-electron chi connectivity index (χ2n) is 4.82. The Bertz CT molecular complexity index is 582. The Kier molecular flexibility index (Phi) is 6.39. The summed E-state index contributed by atoms with van der Waals surface area (Å²) in [5, 5.41) is 2.78. The van der Waals surface area contributed by atoms with Gasteiger partial charge >= 0.3 is 0 Å². The molecule has 2 rings (SSSR count). The van der Waals surface area contributed by atoms with E-state index in [0.29, 0.717) is 18.1 Å². The number of rotatable bonds is 5. The van der Waals surface area contributed by atoms with Crippen LogP contribution in [0.1, 0.15) is 29.6 Å². The highest BCUT2D eigenvalue weighted by molar-refractivity contribution is 5.92. The summed E-state index contributed by atoms with van der Waals surface area (Å²) in [6.07, 6.45) is 0.727. The maximum Gasteiger partial charge on any atom is 0.289 e. The van der Waals surface area contributed by atoms with E-state index >= 15 is 0 Å². The van der Waals surface area contributed by atoms with Gasteiger partial charge in [-0.3, -0.25) is 4.79 Å². The van der Waals surface area contributed by atoms with Gasteiger partial charge in [-0.15, -0.1) is 12.4 Å². The molecule has 1 aromatic carbocycles. The van der Waals surface area contributed by atoms with E-state index in [1.807, 2.05) is 37.3 Å². The molecule has 2 aromatic rings. The van der Waals surface area contributed by atoms with Gasteiger partial charge in [0.15, 0.2) is 0 Å². The van der Waals surface area contributed by atoms with Crippen LogP contribution in [0, 0.1) is 6.92 Å². The number of benzene rings is 1. The minimum absolute atomic E-state index is 0. The van der Waals surface area contributed by atoms with Crippen molar-refractivity contribution < 1.29 is 9.21 Å². The number of oxazole rings is 1. The normalized spacial score (nSPS) is 11.6. The molecule has 0 fully saturated rings.